The van der Waals surface area contributed by atoms with Crippen LogP contribution in [0.1, 0.15) is 30.9 Å². The number of hydrogen-bond donors (Lipinski definition) is 1. The fourth-order valence-electron chi connectivity index (χ4n) is 3.94. The summed E-state index contributed by atoms with van der Waals surface area (Å²) in [5.74, 6) is 0.00549. The number of rotatable bonds is 5. The summed E-state index contributed by atoms with van der Waals surface area (Å²) in [4.78, 5) is 28.8. The van der Waals surface area contributed by atoms with Crippen LogP contribution in [-0.2, 0) is 11.3 Å². The third-order valence-corrected chi connectivity index (χ3v) is 5.37. The van der Waals surface area contributed by atoms with Crippen LogP contribution < -0.4 is 5.32 Å². The molecule has 3 heterocycles. The highest BCUT2D eigenvalue weighted by atomic mass is 16.2. The molecule has 0 aliphatic carbocycles. The van der Waals surface area contributed by atoms with Crippen LogP contribution in [0, 0.1) is 0 Å². The van der Waals surface area contributed by atoms with E-state index in [2.05, 4.69) is 15.6 Å². The first-order valence-electron chi connectivity index (χ1n) is 9.44. The van der Waals surface area contributed by atoms with Gasteiger partial charge in [-0.1, -0.05) is 35.5 Å². The molecule has 2 aliphatic rings. The molecule has 2 aromatic rings. The van der Waals surface area contributed by atoms with Gasteiger partial charge < -0.3 is 15.1 Å². The molecule has 3 amide bonds. The number of likely N-dealkylation sites (tertiary alicyclic amines) is 1. The number of carbonyl (C=O) groups excluding carboxylic acids is 2. The lowest BCUT2D eigenvalue weighted by molar-refractivity contribution is -0.133. The van der Waals surface area contributed by atoms with E-state index in [-0.39, 0.29) is 30.6 Å². The standard InChI is InChI=1S/C19H24N6O2/c26-18(25-10-4-7-16(25)13-24-12-9-20-22-24)14-23-11-8-17(21-19(23)27)15-5-2-1-3-6-15/h1-3,5-6,9,12,16-17H,4,7-8,10-11,13-14H2,(H,21,27)/t16-,17?/m0/s1. The molecule has 0 spiro atoms. The summed E-state index contributed by atoms with van der Waals surface area (Å²) in [5, 5.41) is 10.8. The predicted molar refractivity (Wildman–Crippen MR) is 98.7 cm³/mol. The summed E-state index contributed by atoms with van der Waals surface area (Å²) in [5.41, 5.74) is 1.10. The summed E-state index contributed by atoms with van der Waals surface area (Å²) < 4.78 is 1.76. The Bertz CT molecular complexity index is 779. The molecule has 4 rings (SSSR count). The third-order valence-electron chi connectivity index (χ3n) is 5.37. The number of nitrogens with one attached hydrogen (secondary N) is 1. The van der Waals surface area contributed by atoms with Crippen molar-refractivity contribution in [2.75, 3.05) is 19.6 Å². The molecular weight excluding hydrogens is 344 g/mol. The molecule has 8 heteroatoms. The Morgan fingerprint density at radius 3 is 2.78 bits per heavy atom. The van der Waals surface area contributed by atoms with Crippen LogP contribution in [-0.4, -0.2) is 62.4 Å². The van der Waals surface area contributed by atoms with Gasteiger partial charge in [0.2, 0.25) is 5.91 Å². The maximum atomic E-state index is 12.8. The Morgan fingerprint density at radius 1 is 1.19 bits per heavy atom. The van der Waals surface area contributed by atoms with Crippen molar-refractivity contribution in [3.63, 3.8) is 0 Å². The molecule has 0 bridgehead atoms. The Labute approximate surface area is 158 Å². The van der Waals surface area contributed by atoms with Gasteiger partial charge in [0.05, 0.1) is 24.8 Å². The molecule has 2 saturated heterocycles. The van der Waals surface area contributed by atoms with Crippen LogP contribution in [0.25, 0.3) is 0 Å². The molecule has 2 aliphatic heterocycles. The zero-order valence-corrected chi connectivity index (χ0v) is 15.2. The van der Waals surface area contributed by atoms with Crippen LogP contribution in [0.3, 0.4) is 0 Å². The summed E-state index contributed by atoms with van der Waals surface area (Å²) in [6.45, 7) is 2.09. The van der Waals surface area contributed by atoms with Gasteiger partial charge in [0.1, 0.15) is 6.54 Å². The molecule has 2 atom stereocenters. The van der Waals surface area contributed by atoms with E-state index in [1.54, 1.807) is 15.8 Å². The monoisotopic (exact) mass is 368 g/mol. The van der Waals surface area contributed by atoms with Crippen LogP contribution >= 0.6 is 0 Å². The number of hydrogen-bond acceptors (Lipinski definition) is 4. The van der Waals surface area contributed by atoms with Gasteiger partial charge in [-0.3, -0.25) is 9.48 Å². The minimum absolute atomic E-state index is 0.00549. The van der Waals surface area contributed by atoms with E-state index in [1.165, 1.54) is 0 Å². The third kappa shape index (κ3) is 3.94. The average Bonchev–Trinajstić information content (AvgIpc) is 3.36. The van der Waals surface area contributed by atoms with Gasteiger partial charge in [-0.05, 0) is 24.8 Å². The Morgan fingerprint density at radius 2 is 2.04 bits per heavy atom. The van der Waals surface area contributed by atoms with Crippen LogP contribution in [0.15, 0.2) is 42.7 Å². The van der Waals surface area contributed by atoms with E-state index < -0.39 is 0 Å². The lowest BCUT2D eigenvalue weighted by Crippen LogP contribution is -2.52. The van der Waals surface area contributed by atoms with E-state index in [0.717, 1.165) is 31.4 Å². The summed E-state index contributed by atoms with van der Waals surface area (Å²) >= 11 is 0. The quantitative estimate of drug-likeness (QED) is 0.865. The lowest BCUT2D eigenvalue weighted by atomic mass is 10.0. The molecule has 2 fully saturated rings. The molecule has 0 radical (unpaired) electrons. The van der Waals surface area contributed by atoms with E-state index >= 15 is 0 Å². The summed E-state index contributed by atoms with van der Waals surface area (Å²) in [6.07, 6.45) is 6.18. The van der Waals surface area contributed by atoms with Crippen LogP contribution in [0.2, 0.25) is 0 Å². The van der Waals surface area contributed by atoms with Gasteiger partial charge in [0.25, 0.3) is 0 Å². The van der Waals surface area contributed by atoms with Gasteiger partial charge in [-0.2, -0.15) is 0 Å². The van der Waals surface area contributed by atoms with E-state index in [0.29, 0.717) is 13.1 Å². The Balaban J connectivity index is 1.33. The van der Waals surface area contributed by atoms with Crippen molar-refractivity contribution in [3.05, 3.63) is 48.3 Å². The largest absolute Gasteiger partial charge is 0.336 e. The Hall–Kier alpha value is -2.90. The molecule has 1 unspecified atom stereocenters. The summed E-state index contributed by atoms with van der Waals surface area (Å²) in [7, 11) is 0. The maximum Gasteiger partial charge on any atom is 0.318 e. The topological polar surface area (TPSA) is 83.4 Å². The first kappa shape index (κ1) is 17.5. The minimum atomic E-state index is -0.171. The molecule has 0 saturated carbocycles. The first-order chi connectivity index (χ1) is 13.2. The first-order valence-corrected chi connectivity index (χ1v) is 9.44. The molecule has 1 aromatic carbocycles. The van der Waals surface area contributed by atoms with E-state index in [1.807, 2.05) is 41.4 Å². The summed E-state index contributed by atoms with van der Waals surface area (Å²) in [6, 6.07) is 9.90. The van der Waals surface area contributed by atoms with Crippen molar-refractivity contribution in [1.82, 2.24) is 30.1 Å². The smallest absolute Gasteiger partial charge is 0.318 e. The average molecular weight is 368 g/mol. The SMILES string of the molecule is O=C1NC(c2ccccc2)CCN1CC(=O)N1CCC[C@H]1Cn1ccnn1. The molecule has 142 valence electrons. The molecular formula is C19H24N6O2. The second-order valence-electron chi connectivity index (χ2n) is 7.13. The van der Waals surface area contributed by atoms with Crippen LogP contribution in [0.4, 0.5) is 4.79 Å². The van der Waals surface area contributed by atoms with Gasteiger partial charge in [-0.15, -0.1) is 5.10 Å². The number of aromatic nitrogens is 3. The van der Waals surface area contributed by atoms with Crippen molar-refractivity contribution in [2.24, 2.45) is 0 Å². The number of benzene rings is 1. The molecule has 27 heavy (non-hydrogen) atoms. The normalized spacial score (nSPS) is 22.7. The number of amides is 3. The highest BCUT2D eigenvalue weighted by Gasteiger charge is 2.33. The zero-order valence-electron chi connectivity index (χ0n) is 15.2. The highest BCUT2D eigenvalue weighted by Crippen LogP contribution is 2.23. The molecule has 1 aromatic heterocycles. The Kier molecular flexibility index (Phi) is 5.04. The van der Waals surface area contributed by atoms with Crippen molar-refractivity contribution in [3.8, 4) is 0 Å². The lowest BCUT2D eigenvalue weighted by Gasteiger charge is -2.34. The van der Waals surface area contributed by atoms with E-state index in [9.17, 15) is 9.59 Å². The van der Waals surface area contributed by atoms with Gasteiger partial charge in [-0.25, -0.2) is 4.79 Å². The minimum Gasteiger partial charge on any atom is -0.336 e. The van der Waals surface area contributed by atoms with Gasteiger partial charge in [0.15, 0.2) is 0 Å². The van der Waals surface area contributed by atoms with Crippen molar-refractivity contribution in [1.29, 1.82) is 0 Å². The van der Waals surface area contributed by atoms with Crippen molar-refractivity contribution < 1.29 is 9.59 Å². The predicted octanol–water partition coefficient (Wildman–Crippen LogP) is 1.43. The second kappa shape index (κ2) is 7.77. The van der Waals surface area contributed by atoms with Crippen molar-refractivity contribution >= 4 is 11.9 Å². The number of carbonyl (C=O) groups is 2. The van der Waals surface area contributed by atoms with Gasteiger partial charge >= 0.3 is 6.03 Å². The maximum absolute atomic E-state index is 12.8. The van der Waals surface area contributed by atoms with Crippen LogP contribution in [0.5, 0.6) is 0 Å². The second-order valence-corrected chi connectivity index (χ2v) is 7.13. The fourth-order valence-corrected chi connectivity index (χ4v) is 3.94. The molecule has 1 N–H and O–H groups in total. The zero-order chi connectivity index (χ0) is 18.6. The highest BCUT2D eigenvalue weighted by molar-refractivity contribution is 5.85. The fraction of sp³-hybridized carbons (Fsp3) is 0.474. The number of nitrogens with zero attached hydrogens (tertiary/aromatic N) is 5. The molecule has 8 nitrogen and oxygen atoms in total. The number of urea groups is 1. The van der Waals surface area contributed by atoms with E-state index in [4.69, 9.17) is 0 Å². The van der Waals surface area contributed by atoms with Crippen molar-refractivity contribution in [2.45, 2.75) is 37.9 Å². The van der Waals surface area contributed by atoms with Gasteiger partial charge in [0, 0.05) is 19.3 Å².